The van der Waals surface area contributed by atoms with Crippen molar-refractivity contribution in [3.05, 3.63) is 48.6 Å². The Morgan fingerprint density at radius 2 is 0.685 bits per heavy atom. The van der Waals surface area contributed by atoms with E-state index in [0.717, 1.165) is 89.9 Å². The molecule has 1 amide bonds. The Hall–Kier alpha value is -2.18. The maximum atomic E-state index is 12.5. The van der Waals surface area contributed by atoms with Gasteiger partial charge < -0.3 is 20.3 Å². The minimum atomic E-state index is -0.864. The fourth-order valence-electron chi connectivity index (χ4n) is 9.84. The van der Waals surface area contributed by atoms with E-state index in [4.69, 9.17) is 4.74 Å². The van der Waals surface area contributed by atoms with Crippen LogP contribution in [0.15, 0.2) is 48.6 Å². The summed E-state index contributed by atoms with van der Waals surface area (Å²) in [6, 6.07) is -0.650. The Morgan fingerprint density at radius 3 is 1.08 bits per heavy atom. The number of aliphatic hydroxyl groups is 2. The minimum absolute atomic E-state index is 0.0277. The highest BCUT2D eigenvalue weighted by Gasteiger charge is 2.18. The van der Waals surface area contributed by atoms with Crippen molar-refractivity contribution in [1.82, 2.24) is 5.32 Å². The van der Waals surface area contributed by atoms with Crippen molar-refractivity contribution in [2.75, 3.05) is 13.2 Å². The van der Waals surface area contributed by atoms with Crippen LogP contribution in [0.3, 0.4) is 0 Å². The van der Waals surface area contributed by atoms with E-state index in [-0.39, 0.29) is 18.5 Å². The summed E-state index contributed by atoms with van der Waals surface area (Å²) in [5, 5.41) is 23.2. The van der Waals surface area contributed by atoms with Gasteiger partial charge in [0.05, 0.1) is 25.4 Å². The summed E-state index contributed by atoms with van der Waals surface area (Å²) in [6.45, 7) is 4.84. The third kappa shape index (κ3) is 58.9. The number of amides is 1. The fraction of sp³-hybridized carbons (Fsp3) is 0.851. The Labute approximate surface area is 455 Å². The number of allylic oxidation sites excluding steroid dienone is 7. The molecule has 6 heteroatoms. The molecule has 0 aliphatic heterocycles. The molecule has 428 valence electrons. The van der Waals surface area contributed by atoms with E-state index in [1.807, 2.05) is 6.08 Å². The molecule has 0 aromatic carbocycles. The summed E-state index contributed by atoms with van der Waals surface area (Å²) in [4.78, 5) is 24.6. The van der Waals surface area contributed by atoms with Crippen LogP contribution in [0.5, 0.6) is 0 Å². The highest BCUT2D eigenvalue weighted by atomic mass is 16.5. The Bertz CT molecular complexity index is 1230. The van der Waals surface area contributed by atoms with Gasteiger partial charge in [-0.1, -0.05) is 281 Å². The average molecular weight is 1020 g/mol. The predicted molar refractivity (Wildman–Crippen MR) is 319 cm³/mol. The molecule has 0 bridgehead atoms. The van der Waals surface area contributed by atoms with E-state index in [1.54, 1.807) is 6.08 Å². The zero-order chi connectivity index (χ0) is 52.9. The number of aliphatic hydroxyl groups excluding tert-OH is 2. The van der Waals surface area contributed by atoms with Gasteiger partial charge in [-0.25, -0.2) is 0 Å². The Balaban J connectivity index is 3.51. The lowest BCUT2D eigenvalue weighted by Gasteiger charge is -2.20. The van der Waals surface area contributed by atoms with Gasteiger partial charge >= 0.3 is 5.97 Å². The molecule has 0 heterocycles. The maximum Gasteiger partial charge on any atom is 0.305 e. The van der Waals surface area contributed by atoms with Crippen LogP contribution in [-0.4, -0.2) is 47.4 Å². The first-order valence-corrected chi connectivity index (χ1v) is 32.4. The minimum Gasteiger partial charge on any atom is -0.466 e. The number of esters is 1. The number of hydrogen-bond donors (Lipinski definition) is 3. The second-order valence-corrected chi connectivity index (χ2v) is 22.1. The number of carbonyl (C=O) groups is 2. The topological polar surface area (TPSA) is 95.9 Å². The van der Waals surface area contributed by atoms with Crippen molar-refractivity contribution >= 4 is 11.9 Å². The zero-order valence-corrected chi connectivity index (χ0v) is 48.9. The zero-order valence-electron chi connectivity index (χ0n) is 48.9. The summed E-state index contributed by atoms with van der Waals surface area (Å²) in [5.41, 5.74) is 0. The molecule has 0 rings (SSSR count). The highest BCUT2D eigenvalue weighted by molar-refractivity contribution is 5.76. The fourth-order valence-corrected chi connectivity index (χ4v) is 9.84. The molecular formula is C67H125NO5. The molecule has 0 aromatic heterocycles. The first-order chi connectivity index (χ1) is 36.0. The van der Waals surface area contributed by atoms with Crippen molar-refractivity contribution in [2.45, 2.75) is 353 Å². The SMILES string of the molecule is CCCCC/C=C\C/C=C\CCCCCCCCCCCC(=O)OCCCCC/C=C\CCCCCCCC(=O)NC(CO)C(O)/C=C/CCCCCCCCCCCCCCCCCCCCCCCCC. The lowest BCUT2D eigenvalue weighted by Crippen LogP contribution is -2.45. The average Bonchev–Trinajstić information content (AvgIpc) is 3.39. The molecule has 3 N–H and O–H groups in total. The number of nitrogens with one attached hydrogen (secondary N) is 1. The largest absolute Gasteiger partial charge is 0.466 e. The van der Waals surface area contributed by atoms with Crippen LogP contribution in [0.25, 0.3) is 0 Å². The second-order valence-electron chi connectivity index (χ2n) is 22.1. The summed E-state index contributed by atoms with van der Waals surface area (Å²) in [6.07, 6.45) is 80.1. The van der Waals surface area contributed by atoms with Crippen LogP contribution in [0.1, 0.15) is 341 Å². The number of hydrogen-bond acceptors (Lipinski definition) is 5. The molecule has 0 fully saturated rings. The van der Waals surface area contributed by atoms with Gasteiger partial charge in [-0.3, -0.25) is 9.59 Å². The predicted octanol–water partition coefficient (Wildman–Crippen LogP) is 20.5. The van der Waals surface area contributed by atoms with E-state index in [2.05, 4.69) is 55.6 Å². The normalized spacial score (nSPS) is 12.9. The van der Waals surface area contributed by atoms with Crippen LogP contribution in [0, 0.1) is 0 Å². The van der Waals surface area contributed by atoms with Crippen molar-refractivity contribution in [3.8, 4) is 0 Å². The van der Waals surface area contributed by atoms with Crippen LogP contribution >= 0.6 is 0 Å². The molecule has 0 radical (unpaired) electrons. The number of carbonyl (C=O) groups excluding carboxylic acids is 2. The van der Waals surface area contributed by atoms with Gasteiger partial charge in [0.15, 0.2) is 0 Å². The third-order valence-electron chi connectivity index (χ3n) is 14.8. The smallest absolute Gasteiger partial charge is 0.305 e. The summed E-state index contributed by atoms with van der Waals surface area (Å²) in [5.74, 6) is -0.119. The van der Waals surface area contributed by atoms with Crippen molar-refractivity contribution in [1.29, 1.82) is 0 Å². The third-order valence-corrected chi connectivity index (χ3v) is 14.8. The van der Waals surface area contributed by atoms with Crippen molar-refractivity contribution in [2.24, 2.45) is 0 Å². The highest BCUT2D eigenvalue weighted by Crippen LogP contribution is 2.17. The quantitative estimate of drug-likeness (QED) is 0.0320. The van der Waals surface area contributed by atoms with E-state index in [0.29, 0.717) is 19.4 Å². The summed E-state index contributed by atoms with van der Waals surface area (Å²) in [7, 11) is 0. The van der Waals surface area contributed by atoms with Crippen LogP contribution < -0.4 is 5.32 Å². The van der Waals surface area contributed by atoms with E-state index in [9.17, 15) is 19.8 Å². The van der Waals surface area contributed by atoms with Gasteiger partial charge in [-0.2, -0.15) is 0 Å². The molecular weight excluding hydrogens is 899 g/mol. The van der Waals surface area contributed by atoms with Gasteiger partial charge in [0.1, 0.15) is 0 Å². The first-order valence-electron chi connectivity index (χ1n) is 32.4. The van der Waals surface area contributed by atoms with Gasteiger partial charge in [0, 0.05) is 12.8 Å². The number of ether oxygens (including phenoxy) is 1. The molecule has 0 aliphatic carbocycles. The van der Waals surface area contributed by atoms with Gasteiger partial charge in [0.2, 0.25) is 5.91 Å². The van der Waals surface area contributed by atoms with Gasteiger partial charge in [0.25, 0.3) is 0 Å². The molecule has 6 nitrogen and oxygen atoms in total. The van der Waals surface area contributed by atoms with E-state index in [1.165, 1.54) is 225 Å². The molecule has 0 aromatic rings. The lowest BCUT2D eigenvalue weighted by atomic mass is 10.0. The molecule has 0 spiro atoms. The lowest BCUT2D eigenvalue weighted by molar-refractivity contribution is -0.143. The summed E-state index contributed by atoms with van der Waals surface area (Å²) < 4.78 is 5.47. The second kappa shape index (κ2) is 62.4. The monoisotopic (exact) mass is 1020 g/mol. The standard InChI is InChI=1S/C67H125NO5/c1-3-5-7-9-11-13-15-17-19-21-23-24-25-26-27-28-30-31-33-35-39-43-47-51-55-59-65(70)64(63-69)68-66(71)60-56-52-48-44-40-37-38-42-46-50-54-58-62-73-67(72)61-57-53-49-45-41-36-34-32-29-22-20-18-16-14-12-10-8-6-4-2/h12,14,18,20,38,42,55,59,64-65,69-70H,3-11,13,15-17,19,21-37,39-41,43-54,56-58,60-63H2,1-2H3,(H,68,71)/b14-12-,20-18-,42-38-,59-55+. The maximum absolute atomic E-state index is 12.5. The Morgan fingerprint density at radius 1 is 0.384 bits per heavy atom. The molecule has 0 aliphatic rings. The number of rotatable bonds is 60. The molecule has 2 unspecified atom stereocenters. The van der Waals surface area contributed by atoms with E-state index < -0.39 is 12.1 Å². The van der Waals surface area contributed by atoms with Crippen LogP contribution in [0.4, 0.5) is 0 Å². The molecule has 0 saturated carbocycles. The Kier molecular flexibility index (Phi) is 60.5. The van der Waals surface area contributed by atoms with Crippen LogP contribution in [-0.2, 0) is 14.3 Å². The molecule has 2 atom stereocenters. The molecule has 73 heavy (non-hydrogen) atoms. The van der Waals surface area contributed by atoms with E-state index >= 15 is 0 Å². The van der Waals surface area contributed by atoms with Crippen LogP contribution in [0.2, 0.25) is 0 Å². The van der Waals surface area contributed by atoms with Gasteiger partial charge in [-0.15, -0.1) is 0 Å². The van der Waals surface area contributed by atoms with Crippen molar-refractivity contribution in [3.63, 3.8) is 0 Å². The molecule has 0 saturated heterocycles. The number of unbranched alkanes of at least 4 members (excludes halogenated alkanes) is 43. The van der Waals surface area contributed by atoms with Crippen molar-refractivity contribution < 1.29 is 24.5 Å². The summed E-state index contributed by atoms with van der Waals surface area (Å²) >= 11 is 0. The van der Waals surface area contributed by atoms with Gasteiger partial charge in [-0.05, 0) is 96.3 Å². The first kappa shape index (κ1) is 70.8.